The SMILES string of the molecule is COC(=O)c1ccnc(Cc2cc3cc(C)ccc3nc2S(C)(=O)=O)c1.Cc1ccc2nc(S(C)(=O)=O)c(Cc3cc(C(=O)O)ccn3)cc2c1.[Li+].[OH-]. The van der Waals surface area contributed by atoms with Crippen LogP contribution in [-0.4, -0.2) is 78.9 Å². The molecule has 0 aliphatic carbocycles. The number of carboxylic acid groups (broad SMARTS) is 1. The number of methoxy groups -OCH3 is 1. The van der Waals surface area contributed by atoms with Gasteiger partial charge in [-0.3, -0.25) is 9.97 Å². The maximum Gasteiger partial charge on any atom is 1.00 e. The number of hydrogen-bond acceptors (Lipinski definition) is 12. The standard InChI is InChI=1S/C19H18N2O4S.C18H16N2O4S.Li.H2O/c1-12-4-5-17-14(8-12)9-15(18(21-17)26(3,23)24)11-16-10-13(6-7-20-16)19(22)25-2;1-11-3-4-16-13(7-11)8-14(17(20-16)25(2,23)24)10-15-9-12(18(21)22)5-6-19-15;;/h4-10H,11H2,1-3H3;3-9H,10H2,1-2H3,(H,21,22);;1H2/q;;+1;/p-1. The Morgan fingerprint density at radius 2 is 1.08 bits per heavy atom. The van der Waals surface area contributed by atoms with E-state index in [0.29, 0.717) is 39.1 Å². The quantitative estimate of drug-likeness (QED) is 0.175. The minimum atomic E-state index is -3.54. The van der Waals surface area contributed by atoms with Gasteiger partial charge in [-0.15, -0.1) is 0 Å². The Labute approximate surface area is 318 Å². The molecule has 2 aromatic carbocycles. The molecule has 0 aliphatic rings. The summed E-state index contributed by atoms with van der Waals surface area (Å²) < 4.78 is 53.5. The third-order valence-electron chi connectivity index (χ3n) is 7.77. The summed E-state index contributed by atoms with van der Waals surface area (Å²) in [5.74, 6) is -1.52. The summed E-state index contributed by atoms with van der Waals surface area (Å²) in [5, 5.41) is 10.8. The van der Waals surface area contributed by atoms with Crippen LogP contribution in [0.25, 0.3) is 21.8 Å². The first kappa shape index (κ1) is 42.4. The number of hydrogen-bond donors (Lipinski definition) is 1. The van der Waals surface area contributed by atoms with Gasteiger partial charge in [0.25, 0.3) is 0 Å². The number of aromatic carboxylic acids is 1. The maximum atomic E-state index is 12.2. The van der Waals surface area contributed by atoms with Crippen molar-refractivity contribution in [3.63, 3.8) is 0 Å². The van der Waals surface area contributed by atoms with Gasteiger partial charge in [0.15, 0.2) is 29.7 Å². The van der Waals surface area contributed by atoms with Crippen molar-refractivity contribution in [1.29, 1.82) is 0 Å². The van der Waals surface area contributed by atoms with Crippen LogP contribution in [0.15, 0.2) is 95.2 Å². The van der Waals surface area contributed by atoms with Crippen molar-refractivity contribution < 1.29 is 60.6 Å². The fourth-order valence-electron chi connectivity index (χ4n) is 5.46. The molecule has 270 valence electrons. The molecule has 6 rings (SSSR count). The van der Waals surface area contributed by atoms with Crippen LogP contribution in [0.3, 0.4) is 0 Å². The predicted molar refractivity (Wildman–Crippen MR) is 194 cm³/mol. The number of pyridine rings is 4. The summed E-state index contributed by atoms with van der Waals surface area (Å²) in [6, 6.07) is 20.8. The van der Waals surface area contributed by atoms with Gasteiger partial charge in [-0.25, -0.2) is 36.4 Å². The number of ether oxygens (including phenoxy) is 1. The van der Waals surface area contributed by atoms with Crippen molar-refractivity contribution in [2.24, 2.45) is 0 Å². The van der Waals surface area contributed by atoms with Crippen molar-refractivity contribution in [3.8, 4) is 0 Å². The van der Waals surface area contributed by atoms with E-state index >= 15 is 0 Å². The topological polar surface area (TPSA) is 213 Å². The molecule has 2 N–H and O–H groups in total. The van der Waals surface area contributed by atoms with E-state index in [-0.39, 0.29) is 52.8 Å². The molecule has 0 spiro atoms. The summed E-state index contributed by atoms with van der Waals surface area (Å²) in [4.78, 5) is 39.9. The van der Waals surface area contributed by atoms with E-state index in [2.05, 4.69) is 19.9 Å². The molecule has 0 unspecified atom stereocenters. The van der Waals surface area contributed by atoms with E-state index < -0.39 is 31.6 Å². The van der Waals surface area contributed by atoms with Crippen molar-refractivity contribution in [1.82, 2.24) is 19.9 Å². The fraction of sp³-hybridized carbons (Fsp3) is 0.189. The van der Waals surface area contributed by atoms with Crippen LogP contribution in [0.4, 0.5) is 0 Å². The maximum absolute atomic E-state index is 12.2. The second-order valence-corrected chi connectivity index (χ2v) is 15.9. The zero-order valence-electron chi connectivity index (χ0n) is 29.9. The number of carbonyl (C=O) groups excluding carboxylic acids is 1. The van der Waals surface area contributed by atoms with E-state index in [0.717, 1.165) is 34.4 Å². The van der Waals surface area contributed by atoms with Gasteiger partial charge in [0, 0.05) is 59.9 Å². The normalized spacial score (nSPS) is 11.1. The van der Waals surface area contributed by atoms with Crippen molar-refractivity contribution in [3.05, 3.63) is 130 Å². The van der Waals surface area contributed by atoms with E-state index in [4.69, 9.17) is 9.84 Å². The van der Waals surface area contributed by atoms with Crippen LogP contribution in [0, 0.1) is 13.8 Å². The minimum Gasteiger partial charge on any atom is -0.870 e. The van der Waals surface area contributed by atoms with Crippen LogP contribution in [-0.2, 0) is 37.3 Å². The monoisotopic (exact) mass is 750 g/mol. The van der Waals surface area contributed by atoms with Crippen LogP contribution in [0.1, 0.15) is 54.4 Å². The first-order valence-electron chi connectivity index (χ1n) is 15.4. The number of esters is 1. The minimum absolute atomic E-state index is 0. The van der Waals surface area contributed by atoms with E-state index in [9.17, 15) is 26.4 Å². The van der Waals surface area contributed by atoms with Gasteiger partial charge in [0.05, 0.1) is 29.3 Å². The molecule has 0 fully saturated rings. The largest absolute Gasteiger partial charge is 1.00 e. The number of sulfone groups is 2. The molecule has 13 nitrogen and oxygen atoms in total. The number of aromatic nitrogens is 4. The van der Waals surface area contributed by atoms with Gasteiger partial charge in [-0.2, -0.15) is 0 Å². The average molecular weight is 751 g/mol. The first-order valence-corrected chi connectivity index (χ1v) is 19.2. The summed E-state index contributed by atoms with van der Waals surface area (Å²) in [6.07, 6.45) is 5.57. The van der Waals surface area contributed by atoms with Gasteiger partial charge in [-0.1, -0.05) is 23.3 Å². The number of nitrogens with zero attached hydrogens (tertiary/aromatic N) is 4. The van der Waals surface area contributed by atoms with Gasteiger partial charge in [-0.05, 0) is 85.6 Å². The van der Waals surface area contributed by atoms with Crippen LogP contribution >= 0.6 is 0 Å². The number of carbonyl (C=O) groups is 2. The van der Waals surface area contributed by atoms with Gasteiger partial charge < -0.3 is 15.3 Å². The van der Waals surface area contributed by atoms with Crippen molar-refractivity contribution in [2.75, 3.05) is 19.6 Å². The average Bonchev–Trinajstić information content (AvgIpc) is 3.06. The third-order valence-corrected chi connectivity index (χ3v) is 9.88. The molecule has 6 aromatic rings. The van der Waals surface area contributed by atoms with Crippen molar-refractivity contribution >= 4 is 53.4 Å². The second kappa shape index (κ2) is 17.2. The summed E-state index contributed by atoms with van der Waals surface area (Å²) in [5.41, 5.74) is 5.86. The summed E-state index contributed by atoms with van der Waals surface area (Å²) >= 11 is 0. The van der Waals surface area contributed by atoms with Gasteiger partial charge >= 0.3 is 30.8 Å². The van der Waals surface area contributed by atoms with E-state index in [1.54, 1.807) is 30.3 Å². The van der Waals surface area contributed by atoms with Crippen LogP contribution < -0.4 is 18.9 Å². The second-order valence-electron chi connectivity index (χ2n) is 12.1. The zero-order valence-corrected chi connectivity index (χ0v) is 31.5. The molecule has 0 atom stereocenters. The zero-order chi connectivity index (χ0) is 37.1. The number of aryl methyl sites for hydroxylation is 2. The van der Waals surface area contributed by atoms with Crippen molar-refractivity contribution in [2.45, 2.75) is 36.7 Å². The summed E-state index contributed by atoms with van der Waals surface area (Å²) in [7, 11) is -5.75. The third kappa shape index (κ3) is 10.5. The predicted octanol–water partition coefficient (Wildman–Crippen LogP) is 2.18. The molecule has 4 heterocycles. The Morgan fingerprint density at radius 3 is 1.47 bits per heavy atom. The molecule has 0 amide bonds. The molecule has 0 aliphatic heterocycles. The van der Waals surface area contributed by atoms with Crippen LogP contribution in [0.2, 0.25) is 0 Å². The smallest absolute Gasteiger partial charge is 0.870 e. The Hall–Kier alpha value is -5.04. The molecule has 0 bridgehead atoms. The van der Waals surface area contributed by atoms with E-state index in [1.165, 1.54) is 31.6 Å². The number of benzene rings is 2. The molecule has 0 radical (unpaired) electrons. The summed E-state index contributed by atoms with van der Waals surface area (Å²) in [6.45, 7) is 3.91. The molecular formula is C37H35LiN4O9S2. The molecule has 4 aromatic heterocycles. The Morgan fingerprint density at radius 1 is 0.660 bits per heavy atom. The van der Waals surface area contributed by atoms with Gasteiger partial charge in [0.2, 0.25) is 0 Å². The Balaban J connectivity index is 0.000000275. The van der Waals surface area contributed by atoms with Crippen LogP contribution in [0.5, 0.6) is 0 Å². The molecule has 0 saturated heterocycles. The number of carboxylic acids is 1. The van der Waals surface area contributed by atoms with E-state index in [1.807, 2.05) is 44.2 Å². The Kier molecular flexibility index (Phi) is 13.7. The first-order chi connectivity index (χ1) is 24.0. The number of rotatable bonds is 8. The van der Waals surface area contributed by atoms with Gasteiger partial charge in [0.1, 0.15) is 0 Å². The molecule has 0 saturated carbocycles. The molecular weight excluding hydrogens is 716 g/mol. The Bertz CT molecular complexity index is 2560. The molecule has 16 heteroatoms. The number of fused-ring (bicyclic) bond motifs is 2. The molecule has 53 heavy (non-hydrogen) atoms. The fourth-order valence-corrected chi connectivity index (χ4v) is 7.20.